The zero-order chi connectivity index (χ0) is 24.4. The van der Waals surface area contributed by atoms with E-state index in [9.17, 15) is 18.0 Å². The second-order valence-corrected chi connectivity index (χ2v) is 9.20. The summed E-state index contributed by atoms with van der Waals surface area (Å²) in [4.78, 5) is 12.0. The fourth-order valence-corrected chi connectivity index (χ4v) is 4.47. The predicted molar refractivity (Wildman–Crippen MR) is 127 cm³/mol. The van der Waals surface area contributed by atoms with Crippen LogP contribution in [0.25, 0.3) is 0 Å². The van der Waals surface area contributed by atoms with Crippen LogP contribution in [-0.2, 0) is 6.42 Å². The number of primary amides is 1. The predicted octanol–water partition coefficient (Wildman–Crippen LogP) is 6.45. The minimum absolute atomic E-state index is 0.121. The molecule has 3 aromatic carbocycles. The fraction of sp³-hybridized carbons (Fsp3) is 0.240. The molecule has 0 aromatic heterocycles. The van der Waals surface area contributed by atoms with Gasteiger partial charge in [0.25, 0.3) is 5.91 Å². The van der Waals surface area contributed by atoms with E-state index in [2.05, 4.69) is 10.0 Å². The van der Waals surface area contributed by atoms with E-state index in [0.717, 1.165) is 11.8 Å². The molecule has 4 N–H and O–H groups in total. The number of aryl methyl sites for hydroxylation is 1. The van der Waals surface area contributed by atoms with Crippen molar-refractivity contribution < 1.29 is 22.4 Å². The van der Waals surface area contributed by atoms with E-state index < -0.39 is 34.9 Å². The first-order chi connectivity index (χ1) is 16.2. The van der Waals surface area contributed by atoms with Gasteiger partial charge in [-0.1, -0.05) is 30.1 Å². The van der Waals surface area contributed by atoms with E-state index in [-0.39, 0.29) is 34.5 Å². The fourth-order valence-electron chi connectivity index (χ4n) is 3.50. The van der Waals surface area contributed by atoms with Crippen molar-refractivity contribution in [2.75, 3.05) is 15.8 Å². The molecule has 9 heteroatoms. The summed E-state index contributed by atoms with van der Waals surface area (Å²) in [6.07, 6.45) is 2.04. The molecule has 0 radical (unpaired) electrons. The molecule has 0 atom stereocenters. The number of hydrogen-bond donors (Lipinski definition) is 3. The molecule has 0 aliphatic heterocycles. The molecule has 1 fully saturated rings. The van der Waals surface area contributed by atoms with E-state index in [1.165, 1.54) is 43.0 Å². The van der Waals surface area contributed by atoms with Gasteiger partial charge in [0.15, 0.2) is 17.5 Å². The Hall–Kier alpha value is -3.20. The molecule has 3 aromatic rings. The lowest BCUT2D eigenvalue weighted by molar-refractivity contribution is 0.100. The van der Waals surface area contributed by atoms with Crippen LogP contribution in [0.4, 0.5) is 34.6 Å². The maximum atomic E-state index is 15.0. The van der Waals surface area contributed by atoms with E-state index in [1.54, 1.807) is 25.1 Å². The topological polar surface area (TPSA) is 67.1 Å². The molecule has 0 unspecified atom stereocenters. The number of rotatable bonds is 9. The Balaban J connectivity index is 1.63. The summed E-state index contributed by atoms with van der Waals surface area (Å²) in [7, 11) is 0. The lowest BCUT2D eigenvalue weighted by Crippen LogP contribution is -2.17. The van der Waals surface area contributed by atoms with Crippen molar-refractivity contribution in [3.8, 4) is 0 Å². The molecule has 0 spiro atoms. The zero-order valence-electron chi connectivity index (χ0n) is 18.4. The minimum Gasteiger partial charge on any atom is -0.366 e. The second kappa shape index (κ2) is 9.97. The lowest BCUT2D eigenvalue weighted by atomic mass is 9.99. The van der Waals surface area contributed by atoms with Crippen molar-refractivity contribution >= 4 is 34.9 Å². The van der Waals surface area contributed by atoms with Crippen LogP contribution in [0.5, 0.6) is 0 Å². The highest BCUT2D eigenvalue weighted by Crippen LogP contribution is 2.34. The Kier molecular flexibility index (Phi) is 7.02. The zero-order valence-corrected chi connectivity index (χ0v) is 19.2. The highest BCUT2D eigenvalue weighted by molar-refractivity contribution is 8.00. The normalized spacial score (nSPS) is 13.1. The Labute approximate surface area is 199 Å². The van der Waals surface area contributed by atoms with Crippen LogP contribution < -0.4 is 15.8 Å². The summed E-state index contributed by atoms with van der Waals surface area (Å²) in [5.41, 5.74) is 5.05. The first kappa shape index (κ1) is 23.9. The molecule has 1 amide bonds. The van der Waals surface area contributed by atoms with Crippen molar-refractivity contribution in [3.63, 3.8) is 0 Å². The summed E-state index contributed by atoms with van der Waals surface area (Å²) in [5, 5.41) is 2.43. The van der Waals surface area contributed by atoms with Crippen LogP contribution in [0.1, 0.15) is 39.9 Å². The van der Waals surface area contributed by atoms with Crippen molar-refractivity contribution in [1.82, 2.24) is 0 Å². The molecule has 178 valence electrons. The van der Waals surface area contributed by atoms with E-state index in [1.807, 2.05) is 0 Å². The molecule has 1 aliphatic rings. The molecular weight excluding hydrogens is 466 g/mol. The van der Waals surface area contributed by atoms with Gasteiger partial charge in [-0.3, -0.25) is 4.79 Å². The van der Waals surface area contributed by atoms with Gasteiger partial charge in [0, 0.05) is 12.2 Å². The quantitative estimate of drug-likeness (QED) is 0.239. The van der Waals surface area contributed by atoms with Gasteiger partial charge in [0.1, 0.15) is 5.82 Å². The number of benzene rings is 3. The van der Waals surface area contributed by atoms with Gasteiger partial charge in [0.05, 0.1) is 22.6 Å². The van der Waals surface area contributed by atoms with Gasteiger partial charge in [-0.15, -0.1) is 0 Å². The van der Waals surface area contributed by atoms with Crippen LogP contribution in [0.15, 0.2) is 42.5 Å². The molecule has 4 rings (SSSR count). The maximum Gasteiger partial charge on any atom is 0.250 e. The van der Waals surface area contributed by atoms with Gasteiger partial charge >= 0.3 is 0 Å². The molecular formula is C25H23F4N3OS. The van der Waals surface area contributed by atoms with Gasteiger partial charge in [-0.05, 0) is 66.6 Å². The molecule has 0 bridgehead atoms. The molecule has 34 heavy (non-hydrogen) atoms. The third kappa shape index (κ3) is 5.30. The van der Waals surface area contributed by atoms with E-state index >= 15 is 4.39 Å². The van der Waals surface area contributed by atoms with E-state index in [0.29, 0.717) is 11.5 Å². The number of amides is 1. The summed E-state index contributed by atoms with van der Waals surface area (Å²) in [6, 6.07) is 9.82. The number of nitrogens with one attached hydrogen (secondary N) is 2. The molecule has 4 nitrogen and oxygen atoms in total. The average Bonchev–Trinajstić information content (AvgIpc) is 3.61. The molecule has 0 heterocycles. The smallest absolute Gasteiger partial charge is 0.250 e. The van der Waals surface area contributed by atoms with Gasteiger partial charge < -0.3 is 15.8 Å². The van der Waals surface area contributed by atoms with Crippen LogP contribution in [0.3, 0.4) is 0 Å². The van der Waals surface area contributed by atoms with Gasteiger partial charge in [-0.25, -0.2) is 17.6 Å². The van der Waals surface area contributed by atoms with Crippen LogP contribution in [0, 0.1) is 36.1 Å². The Morgan fingerprint density at radius 2 is 1.76 bits per heavy atom. The number of anilines is 3. The minimum atomic E-state index is -1.40. The average molecular weight is 490 g/mol. The summed E-state index contributed by atoms with van der Waals surface area (Å²) < 4.78 is 62.2. The van der Waals surface area contributed by atoms with Gasteiger partial charge in [0.2, 0.25) is 0 Å². The first-order valence-corrected chi connectivity index (χ1v) is 11.7. The highest BCUT2D eigenvalue weighted by Gasteiger charge is 2.24. The van der Waals surface area contributed by atoms with Crippen molar-refractivity contribution in [2.45, 2.75) is 26.2 Å². The number of nitrogens with two attached hydrogens (primary N) is 1. The van der Waals surface area contributed by atoms with Crippen molar-refractivity contribution in [2.24, 2.45) is 11.7 Å². The number of hydrogen-bond acceptors (Lipinski definition) is 4. The number of carbonyl (C=O) groups is 1. The summed E-state index contributed by atoms with van der Waals surface area (Å²) in [6.45, 7) is 1.67. The second-order valence-electron chi connectivity index (χ2n) is 8.37. The molecule has 0 saturated heterocycles. The van der Waals surface area contributed by atoms with Crippen LogP contribution in [0.2, 0.25) is 0 Å². The van der Waals surface area contributed by atoms with Crippen LogP contribution >= 0.6 is 11.9 Å². The largest absolute Gasteiger partial charge is 0.366 e. The summed E-state index contributed by atoms with van der Waals surface area (Å²) >= 11 is 1.40. The van der Waals surface area contributed by atoms with Crippen LogP contribution in [-0.4, -0.2) is 11.7 Å². The monoisotopic (exact) mass is 489 g/mol. The summed E-state index contributed by atoms with van der Waals surface area (Å²) in [5.74, 6) is -3.50. The number of halogens is 4. The molecule has 1 aliphatic carbocycles. The lowest BCUT2D eigenvalue weighted by Gasteiger charge is -2.16. The number of carbonyl (C=O) groups excluding carboxylic acids is 1. The van der Waals surface area contributed by atoms with Crippen molar-refractivity contribution in [3.05, 3.63) is 88.0 Å². The standard InChI is InChI=1S/C25H23F4N3OS/c1-13-5-8-19(18(26)9-13)31-24-17(25(30)33)11-16(22(28)23(24)29)10-15-3-2-4-20(21(15)27)32-34-12-14-6-7-14/h2-5,8-9,11,14,31-32H,6-7,10,12H2,1H3,(H2,30,33). The maximum absolute atomic E-state index is 15.0. The third-order valence-electron chi connectivity index (χ3n) is 5.59. The Bertz CT molecular complexity index is 1250. The third-order valence-corrected chi connectivity index (χ3v) is 6.59. The SMILES string of the molecule is Cc1ccc(Nc2c(C(N)=O)cc(Cc3cccc(NSCC4CC4)c3F)c(F)c2F)c(F)c1. The highest BCUT2D eigenvalue weighted by atomic mass is 32.2. The molecule has 1 saturated carbocycles. The van der Waals surface area contributed by atoms with Gasteiger partial charge in [-0.2, -0.15) is 0 Å². The van der Waals surface area contributed by atoms with Crippen molar-refractivity contribution in [1.29, 1.82) is 0 Å². The first-order valence-electron chi connectivity index (χ1n) is 10.7. The van der Waals surface area contributed by atoms with E-state index in [4.69, 9.17) is 5.73 Å². The Morgan fingerprint density at radius 1 is 1.00 bits per heavy atom. The Morgan fingerprint density at radius 3 is 2.44 bits per heavy atom.